The lowest BCUT2D eigenvalue weighted by Gasteiger charge is -2.07. The van der Waals surface area contributed by atoms with E-state index in [0.717, 1.165) is 6.08 Å². The van der Waals surface area contributed by atoms with Gasteiger partial charge in [-0.15, -0.1) is 0 Å². The molecular weight excluding hydrogens is 153 g/mol. The van der Waals surface area contributed by atoms with Gasteiger partial charge in [0, 0.05) is 0 Å². The molecule has 3 heteroatoms. The summed E-state index contributed by atoms with van der Waals surface area (Å²) in [4.78, 5) is 0. The molecule has 0 amide bonds. The Morgan fingerprint density at radius 3 is 2.00 bits per heavy atom. The summed E-state index contributed by atoms with van der Waals surface area (Å²) in [6, 6.07) is 0. The SMILES string of the molecule is C=C1C=C(C(F)(F)F)C(=C)C1. The fourth-order valence-corrected chi connectivity index (χ4v) is 1.01. The second kappa shape index (κ2) is 2.26. The van der Waals surface area contributed by atoms with E-state index in [1.165, 1.54) is 0 Å². The Labute approximate surface area is 62.7 Å². The quantitative estimate of drug-likeness (QED) is 0.511. The summed E-state index contributed by atoms with van der Waals surface area (Å²) in [6.45, 7) is 6.73. The molecule has 0 radical (unpaired) electrons. The molecule has 1 aliphatic rings. The Morgan fingerprint density at radius 2 is 1.82 bits per heavy atom. The largest absolute Gasteiger partial charge is 0.416 e. The fraction of sp³-hybridized carbons (Fsp3) is 0.250. The van der Waals surface area contributed by atoms with Gasteiger partial charge >= 0.3 is 6.18 Å². The van der Waals surface area contributed by atoms with Crippen LogP contribution in [0.1, 0.15) is 6.42 Å². The van der Waals surface area contributed by atoms with Crippen molar-refractivity contribution in [1.29, 1.82) is 0 Å². The Morgan fingerprint density at radius 1 is 1.27 bits per heavy atom. The predicted octanol–water partition coefficient (Wildman–Crippen LogP) is 2.99. The highest BCUT2D eigenvalue weighted by Gasteiger charge is 2.37. The first kappa shape index (κ1) is 8.11. The highest BCUT2D eigenvalue weighted by atomic mass is 19.4. The van der Waals surface area contributed by atoms with Crippen molar-refractivity contribution in [2.24, 2.45) is 0 Å². The van der Waals surface area contributed by atoms with Gasteiger partial charge in [0.05, 0.1) is 5.57 Å². The zero-order valence-corrected chi connectivity index (χ0v) is 5.83. The molecule has 0 fully saturated rings. The van der Waals surface area contributed by atoms with Gasteiger partial charge < -0.3 is 0 Å². The van der Waals surface area contributed by atoms with Gasteiger partial charge in [-0.2, -0.15) is 13.2 Å². The Bertz CT molecular complexity index is 243. The van der Waals surface area contributed by atoms with Crippen LogP contribution in [0.3, 0.4) is 0 Å². The number of hydrogen-bond acceptors (Lipinski definition) is 0. The summed E-state index contributed by atoms with van der Waals surface area (Å²) in [5.41, 5.74) is -0.0488. The lowest BCUT2D eigenvalue weighted by Crippen LogP contribution is -2.10. The molecule has 1 rings (SSSR count). The van der Waals surface area contributed by atoms with Crippen LogP contribution in [0.25, 0.3) is 0 Å². The highest BCUT2D eigenvalue weighted by molar-refractivity contribution is 5.47. The summed E-state index contributed by atoms with van der Waals surface area (Å²) < 4.78 is 36.0. The van der Waals surface area contributed by atoms with Crippen molar-refractivity contribution < 1.29 is 13.2 Å². The lowest BCUT2D eigenvalue weighted by atomic mass is 10.1. The summed E-state index contributed by atoms with van der Waals surface area (Å²) in [5.74, 6) is 0. The maximum Gasteiger partial charge on any atom is 0.416 e. The molecule has 0 N–H and O–H groups in total. The number of alkyl halides is 3. The molecule has 60 valence electrons. The number of hydrogen-bond donors (Lipinski definition) is 0. The molecule has 0 saturated heterocycles. The number of halogens is 3. The zero-order chi connectivity index (χ0) is 8.65. The molecular formula is C8H7F3. The number of rotatable bonds is 0. The Hall–Kier alpha value is -0.990. The first-order chi connectivity index (χ1) is 4.91. The summed E-state index contributed by atoms with van der Waals surface area (Å²) in [7, 11) is 0. The first-order valence-corrected chi connectivity index (χ1v) is 3.06. The van der Waals surface area contributed by atoms with E-state index in [1.54, 1.807) is 0 Å². The van der Waals surface area contributed by atoms with Gasteiger partial charge in [-0.05, 0) is 18.1 Å². The van der Waals surface area contributed by atoms with Gasteiger partial charge in [-0.3, -0.25) is 0 Å². The highest BCUT2D eigenvalue weighted by Crippen LogP contribution is 2.38. The molecule has 0 aromatic heterocycles. The molecule has 0 saturated carbocycles. The topological polar surface area (TPSA) is 0 Å². The molecule has 0 aliphatic heterocycles. The van der Waals surface area contributed by atoms with Crippen LogP contribution in [0.5, 0.6) is 0 Å². The van der Waals surface area contributed by atoms with Crippen molar-refractivity contribution >= 4 is 0 Å². The van der Waals surface area contributed by atoms with Gasteiger partial charge in [-0.25, -0.2) is 0 Å². The minimum absolute atomic E-state index is 0.113. The monoisotopic (exact) mass is 160 g/mol. The van der Waals surface area contributed by atoms with Crippen LogP contribution in [0, 0.1) is 0 Å². The predicted molar refractivity (Wildman–Crippen MR) is 37.0 cm³/mol. The van der Waals surface area contributed by atoms with E-state index in [0.29, 0.717) is 5.57 Å². The molecule has 0 bridgehead atoms. The molecule has 0 atom stereocenters. The van der Waals surface area contributed by atoms with Crippen molar-refractivity contribution in [2.45, 2.75) is 12.6 Å². The lowest BCUT2D eigenvalue weighted by molar-refractivity contribution is -0.0889. The van der Waals surface area contributed by atoms with Crippen LogP contribution in [-0.4, -0.2) is 6.18 Å². The van der Waals surface area contributed by atoms with Crippen LogP contribution >= 0.6 is 0 Å². The van der Waals surface area contributed by atoms with E-state index < -0.39 is 11.7 Å². The molecule has 0 heterocycles. The smallest absolute Gasteiger partial charge is 0.166 e. The van der Waals surface area contributed by atoms with Gasteiger partial charge in [0.25, 0.3) is 0 Å². The molecule has 0 spiro atoms. The molecule has 0 aromatic carbocycles. The van der Waals surface area contributed by atoms with Crippen LogP contribution < -0.4 is 0 Å². The van der Waals surface area contributed by atoms with Crippen molar-refractivity contribution in [3.63, 3.8) is 0 Å². The summed E-state index contributed by atoms with van der Waals surface area (Å²) in [5, 5.41) is 0. The fourth-order valence-electron chi connectivity index (χ4n) is 1.01. The number of allylic oxidation sites excluding steroid dienone is 4. The van der Waals surface area contributed by atoms with Crippen LogP contribution in [0.15, 0.2) is 36.0 Å². The molecule has 0 unspecified atom stereocenters. The standard InChI is InChI=1S/C8H7F3/c1-5-3-6(2)7(4-5)8(9,10)11/h4H,1-3H2. The van der Waals surface area contributed by atoms with E-state index in [-0.39, 0.29) is 12.0 Å². The van der Waals surface area contributed by atoms with Gasteiger partial charge in [0.15, 0.2) is 0 Å². The third kappa shape index (κ3) is 1.53. The Balaban J connectivity index is 2.97. The molecule has 1 aliphatic carbocycles. The van der Waals surface area contributed by atoms with E-state index in [2.05, 4.69) is 13.2 Å². The van der Waals surface area contributed by atoms with Crippen LogP contribution in [-0.2, 0) is 0 Å². The van der Waals surface area contributed by atoms with Crippen molar-refractivity contribution in [3.8, 4) is 0 Å². The minimum Gasteiger partial charge on any atom is -0.166 e. The molecule has 0 nitrogen and oxygen atoms in total. The third-order valence-corrected chi connectivity index (χ3v) is 1.48. The average molecular weight is 160 g/mol. The van der Waals surface area contributed by atoms with E-state index >= 15 is 0 Å². The van der Waals surface area contributed by atoms with E-state index in [4.69, 9.17) is 0 Å². The molecule has 0 aromatic rings. The van der Waals surface area contributed by atoms with Gasteiger partial charge in [-0.1, -0.05) is 18.7 Å². The maximum atomic E-state index is 12.0. The average Bonchev–Trinajstić information content (AvgIpc) is 2.08. The zero-order valence-electron chi connectivity index (χ0n) is 5.83. The minimum atomic E-state index is -4.27. The molecule has 11 heavy (non-hydrogen) atoms. The van der Waals surface area contributed by atoms with Gasteiger partial charge in [0.2, 0.25) is 0 Å². The van der Waals surface area contributed by atoms with Crippen molar-refractivity contribution in [2.75, 3.05) is 0 Å². The summed E-state index contributed by atoms with van der Waals surface area (Å²) in [6.07, 6.45) is -2.98. The van der Waals surface area contributed by atoms with Crippen LogP contribution in [0.4, 0.5) is 13.2 Å². The van der Waals surface area contributed by atoms with E-state index in [1.807, 2.05) is 0 Å². The second-order valence-electron chi connectivity index (χ2n) is 2.49. The van der Waals surface area contributed by atoms with Gasteiger partial charge in [0.1, 0.15) is 0 Å². The maximum absolute atomic E-state index is 12.0. The second-order valence-corrected chi connectivity index (χ2v) is 2.49. The van der Waals surface area contributed by atoms with Crippen molar-refractivity contribution in [3.05, 3.63) is 36.0 Å². The first-order valence-electron chi connectivity index (χ1n) is 3.06. The van der Waals surface area contributed by atoms with E-state index in [9.17, 15) is 13.2 Å². The normalized spacial score (nSPS) is 19.0. The van der Waals surface area contributed by atoms with Crippen LogP contribution in [0.2, 0.25) is 0 Å². The van der Waals surface area contributed by atoms with Crippen molar-refractivity contribution in [1.82, 2.24) is 0 Å². The Kier molecular flexibility index (Phi) is 1.66. The third-order valence-electron chi connectivity index (χ3n) is 1.48. The summed E-state index contributed by atoms with van der Waals surface area (Å²) >= 11 is 0.